The fourth-order valence-corrected chi connectivity index (χ4v) is 4.37. The van der Waals surface area contributed by atoms with Crippen LogP contribution < -0.4 is 4.74 Å². The number of amidine groups is 1. The fourth-order valence-electron chi connectivity index (χ4n) is 3.12. The third-order valence-electron chi connectivity index (χ3n) is 4.66. The van der Waals surface area contributed by atoms with E-state index in [9.17, 15) is 9.59 Å². The van der Waals surface area contributed by atoms with E-state index in [-0.39, 0.29) is 16.7 Å². The molecule has 0 saturated carbocycles. The zero-order valence-corrected chi connectivity index (χ0v) is 18.9. The number of ether oxygens (including phenoxy) is 1. The number of thioether (sulfide) groups is 1. The van der Waals surface area contributed by atoms with Gasteiger partial charge in [0.25, 0.3) is 5.91 Å². The highest BCUT2D eigenvalue weighted by Gasteiger charge is 2.33. The maximum atomic E-state index is 13.3. The average molecular weight is 479 g/mol. The lowest BCUT2D eigenvalue weighted by Crippen LogP contribution is -2.28. The number of amides is 1. The molecule has 0 aliphatic carbocycles. The minimum atomic E-state index is -1.09. The molecule has 1 aliphatic rings. The highest BCUT2D eigenvalue weighted by atomic mass is 35.5. The Kier molecular flexibility index (Phi) is 7.12. The minimum Gasteiger partial charge on any atom is -0.480 e. The van der Waals surface area contributed by atoms with Crippen LogP contribution in [0.5, 0.6) is 5.75 Å². The Bertz CT molecular complexity index is 1230. The molecular weight excluding hydrogens is 460 g/mol. The molecular formula is C25H19ClN2O4S. The van der Waals surface area contributed by atoms with E-state index in [0.717, 1.165) is 11.3 Å². The number of hydrogen-bond donors (Lipinski definition) is 1. The first kappa shape index (κ1) is 22.6. The maximum absolute atomic E-state index is 13.3. The quantitative estimate of drug-likeness (QED) is 0.446. The van der Waals surface area contributed by atoms with Crippen molar-refractivity contribution in [2.24, 2.45) is 4.99 Å². The summed E-state index contributed by atoms with van der Waals surface area (Å²) in [7, 11) is 0. The monoisotopic (exact) mass is 478 g/mol. The number of carboxylic acid groups (broad SMARTS) is 1. The number of rotatable bonds is 7. The number of carboxylic acids is 1. The van der Waals surface area contributed by atoms with E-state index in [1.165, 1.54) is 11.8 Å². The van der Waals surface area contributed by atoms with E-state index < -0.39 is 12.6 Å². The van der Waals surface area contributed by atoms with Crippen LogP contribution in [0.1, 0.15) is 11.1 Å². The number of nitrogens with zero attached hydrogens (tertiary/aromatic N) is 2. The highest BCUT2D eigenvalue weighted by molar-refractivity contribution is 8.18. The number of hydrogen-bond acceptors (Lipinski definition) is 5. The van der Waals surface area contributed by atoms with Gasteiger partial charge in [0.15, 0.2) is 11.8 Å². The Balaban J connectivity index is 1.63. The summed E-state index contributed by atoms with van der Waals surface area (Å²) >= 11 is 7.53. The van der Waals surface area contributed by atoms with Gasteiger partial charge in [-0.1, -0.05) is 66.2 Å². The summed E-state index contributed by atoms with van der Waals surface area (Å²) in [6.45, 7) is -0.0827. The molecule has 0 spiro atoms. The number of para-hydroxylation sites is 1. The smallest absolute Gasteiger partial charge is 0.341 e. The number of carbonyl (C=O) groups is 2. The maximum Gasteiger partial charge on any atom is 0.341 e. The van der Waals surface area contributed by atoms with Crippen LogP contribution in [0.15, 0.2) is 88.8 Å². The van der Waals surface area contributed by atoms with Crippen molar-refractivity contribution in [1.29, 1.82) is 0 Å². The second-order valence-electron chi connectivity index (χ2n) is 7.09. The first-order chi connectivity index (χ1) is 16.0. The van der Waals surface area contributed by atoms with Crippen LogP contribution in [0, 0.1) is 0 Å². The van der Waals surface area contributed by atoms with Crippen LogP contribution in [0.2, 0.25) is 5.02 Å². The van der Waals surface area contributed by atoms with E-state index in [4.69, 9.17) is 26.4 Å². The van der Waals surface area contributed by atoms with E-state index in [0.29, 0.717) is 22.2 Å². The van der Waals surface area contributed by atoms with E-state index in [1.54, 1.807) is 29.2 Å². The molecule has 0 unspecified atom stereocenters. The van der Waals surface area contributed by atoms with Crippen LogP contribution in [-0.4, -0.2) is 33.7 Å². The van der Waals surface area contributed by atoms with Crippen LogP contribution in [0.25, 0.3) is 6.08 Å². The first-order valence-corrected chi connectivity index (χ1v) is 11.2. The standard InChI is InChI=1S/C25H19ClN2O4S/c26-20-13-18(11-12-21(20)32-16-23(29)30)14-22-24(31)28(15-17-7-3-1-4-8-17)25(33-22)27-19-9-5-2-6-10-19/h1-14H,15-16H2,(H,29,30)/b22-14-,27-25?. The molecule has 166 valence electrons. The van der Waals surface area contributed by atoms with E-state index >= 15 is 0 Å². The van der Waals surface area contributed by atoms with Gasteiger partial charge in [-0.15, -0.1) is 0 Å². The normalized spacial score (nSPS) is 15.9. The molecule has 3 aromatic carbocycles. The SMILES string of the molecule is O=C(O)COc1ccc(/C=C2\SC(=Nc3ccccc3)N(Cc3ccccc3)C2=O)cc1Cl. The van der Waals surface area contributed by atoms with Gasteiger partial charge in [0, 0.05) is 0 Å². The zero-order valence-electron chi connectivity index (χ0n) is 17.3. The Morgan fingerprint density at radius 1 is 1.06 bits per heavy atom. The molecule has 0 atom stereocenters. The summed E-state index contributed by atoms with van der Waals surface area (Å²) in [5.41, 5.74) is 2.45. The Morgan fingerprint density at radius 3 is 2.42 bits per heavy atom. The average Bonchev–Trinajstić information content (AvgIpc) is 3.08. The lowest BCUT2D eigenvalue weighted by Gasteiger charge is -2.15. The molecule has 1 heterocycles. The lowest BCUT2D eigenvalue weighted by atomic mass is 10.2. The van der Waals surface area contributed by atoms with Gasteiger partial charge >= 0.3 is 5.97 Å². The van der Waals surface area contributed by atoms with Crippen molar-refractivity contribution in [1.82, 2.24) is 4.90 Å². The third-order valence-corrected chi connectivity index (χ3v) is 5.96. The summed E-state index contributed by atoms with van der Waals surface area (Å²) < 4.78 is 5.16. The zero-order chi connectivity index (χ0) is 23.2. The summed E-state index contributed by atoms with van der Waals surface area (Å²) in [6.07, 6.45) is 1.74. The number of carbonyl (C=O) groups excluding carboxylic acids is 1. The van der Waals surface area contributed by atoms with Gasteiger partial charge in [-0.3, -0.25) is 9.69 Å². The van der Waals surface area contributed by atoms with Gasteiger partial charge in [0.05, 0.1) is 22.2 Å². The van der Waals surface area contributed by atoms with Crippen molar-refractivity contribution in [3.05, 3.63) is 99.9 Å². The Labute approximate surface area is 200 Å². The number of halogens is 1. The highest BCUT2D eigenvalue weighted by Crippen LogP contribution is 2.36. The number of benzene rings is 3. The fraction of sp³-hybridized carbons (Fsp3) is 0.0800. The molecule has 1 aliphatic heterocycles. The lowest BCUT2D eigenvalue weighted by molar-refractivity contribution is -0.139. The summed E-state index contributed by atoms with van der Waals surface area (Å²) in [5, 5.41) is 9.62. The summed E-state index contributed by atoms with van der Waals surface area (Å²) in [5.74, 6) is -0.974. The van der Waals surface area contributed by atoms with E-state index in [1.807, 2.05) is 60.7 Å². The molecule has 0 radical (unpaired) electrons. The van der Waals surface area contributed by atoms with Crippen LogP contribution in [0.3, 0.4) is 0 Å². The second-order valence-corrected chi connectivity index (χ2v) is 8.51. The van der Waals surface area contributed by atoms with Crippen molar-refractivity contribution in [3.8, 4) is 5.75 Å². The largest absolute Gasteiger partial charge is 0.480 e. The summed E-state index contributed by atoms with van der Waals surface area (Å²) in [4.78, 5) is 30.8. The van der Waals surface area contributed by atoms with Crippen molar-refractivity contribution < 1.29 is 19.4 Å². The molecule has 8 heteroatoms. The second kappa shape index (κ2) is 10.4. The molecule has 4 rings (SSSR count). The first-order valence-electron chi connectivity index (χ1n) is 10.0. The van der Waals surface area contributed by atoms with Crippen molar-refractivity contribution >= 4 is 52.2 Å². The molecule has 3 aromatic rings. The molecule has 1 amide bonds. The van der Waals surface area contributed by atoms with Gasteiger partial charge < -0.3 is 9.84 Å². The van der Waals surface area contributed by atoms with Gasteiger partial charge in [0.2, 0.25) is 0 Å². The molecule has 0 bridgehead atoms. The Hall–Kier alpha value is -3.55. The predicted molar refractivity (Wildman–Crippen MR) is 131 cm³/mol. The molecule has 1 fully saturated rings. The van der Waals surface area contributed by atoms with Gasteiger partial charge in [0.1, 0.15) is 5.75 Å². The van der Waals surface area contributed by atoms with Crippen LogP contribution in [0.4, 0.5) is 5.69 Å². The molecule has 0 aromatic heterocycles. The predicted octanol–water partition coefficient (Wildman–Crippen LogP) is 5.61. The van der Waals surface area contributed by atoms with Gasteiger partial charge in [-0.05, 0) is 53.2 Å². The summed E-state index contributed by atoms with van der Waals surface area (Å²) in [6, 6.07) is 24.2. The van der Waals surface area contributed by atoms with Crippen molar-refractivity contribution in [2.45, 2.75) is 6.54 Å². The van der Waals surface area contributed by atoms with Gasteiger partial charge in [-0.2, -0.15) is 0 Å². The number of aliphatic carboxylic acids is 1. The van der Waals surface area contributed by atoms with E-state index in [2.05, 4.69) is 0 Å². The molecule has 1 saturated heterocycles. The molecule has 1 N–H and O–H groups in total. The van der Waals surface area contributed by atoms with Gasteiger partial charge in [-0.25, -0.2) is 9.79 Å². The third kappa shape index (κ3) is 5.83. The molecule has 33 heavy (non-hydrogen) atoms. The van der Waals surface area contributed by atoms with Crippen LogP contribution in [-0.2, 0) is 16.1 Å². The van der Waals surface area contributed by atoms with Crippen LogP contribution >= 0.6 is 23.4 Å². The Morgan fingerprint density at radius 2 is 1.76 bits per heavy atom. The topological polar surface area (TPSA) is 79.2 Å². The minimum absolute atomic E-state index is 0.152. The number of aliphatic imine (C=N–C) groups is 1. The van der Waals surface area contributed by atoms with Crippen molar-refractivity contribution in [2.75, 3.05) is 6.61 Å². The molecule has 6 nitrogen and oxygen atoms in total. The van der Waals surface area contributed by atoms with Crippen molar-refractivity contribution in [3.63, 3.8) is 0 Å².